The molecule has 0 bridgehead atoms. The molecular formula is C18H19N5O2S. The van der Waals surface area contributed by atoms with Crippen LogP contribution in [0.15, 0.2) is 48.5 Å². The highest BCUT2D eigenvalue weighted by atomic mass is 32.1. The topological polar surface area (TPSA) is 87.1 Å². The monoisotopic (exact) mass is 369 g/mol. The van der Waals surface area contributed by atoms with Gasteiger partial charge in [0.15, 0.2) is 5.78 Å². The first-order valence-electron chi connectivity index (χ1n) is 7.94. The molecule has 0 radical (unpaired) electrons. The molecule has 0 aliphatic carbocycles. The van der Waals surface area contributed by atoms with Gasteiger partial charge in [0, 0.05) is 5.56 Å². The van der Waals surface area contributed by atoms with Gasteiger partial charge in [-0.15, -0.1) is 5.10 Å². The Labute approximate surface area is 156 Å². The standard InChI is InChI=1S/C18H19N5O2S/c1-12-5-3-7-14(9-12)20-23-17(19)21-22(18(23)26)11-16(24)13-6-4-8-15(10-13)25-2/h3-10,20H,11H2,1-2H3,(H2,19,21). The summed E-state index contributed by atoms with van der Waals surface area (Å²) < 4.78 is 8.33. The number of nitrogens with one attached hydrogen (secondary N) is 1. The van der Waals surface area contributed by atoms with Crippen molar-refractivity contribution < 1.29 is 9.53 Å². The van der Waals surface area contributed by atoms with Crippen molar-refractivity contribution in [1.29, 1.82) is 0 Å². The third-order valence-corrected chi connectivity index (χ3v) is 4.20. The van der Waals surface area contributed by atoms with Gasteiger partial charge in [0.05, 0.1) is 12.8 Å². The maximum absolute atomic E-state index is 12.5. The van der Waals surface area contributed by atoms with Crippen LogP contribution in [0.25, 0.3) is 0 Å². The van der Waals surface area contributed by atoms with Crippen molar-refractivity contribution >= 4 is 29.6 Å². The number of anilines is 2. The van der Waals surface area contributed by atoms with Gasteiger partial charge in [-0.1, -0.05) is 24.3 Å². The van der Waals surface area contributed by atoms with Crippen molar-refractivity contribution in [1.82, 2.24) is 14.5 Å². The number of benzene rings is 2. The predicted octanol–water partition coefficient (Wildman–Crippen LogP) is 3.07. The van der Waals surface area contributed by atoms with Gasteiger partial charge >= 0.3 is 0 Å². The molecule has 0 aliphatic rings. The molecule has 3 rings (SSSR count). The predicted molar refractivity (Wildman–Crippen MR) is 103 cm³/mol. The number of nitrogens with zero attached hydrogens (tertiary/aromatic N) is 3. The number of rotatable bonds is 6. The Bertz CT molecular complexity index is 1010. The first kappa shape index (κ1) is 17.7. The van der Waals surface area contributed by atoms with Crippen LogP contribution in [-0.4, -0.2) is 27.3 Å². The van der Waals surface area contributed by atoms with E-state index in [-0.39, 0.29) is 18.3 Å². The lowest BCUT2D eigenvalue weighted by atomic mass is 10.1. The molecule has 0 aliphatic heterocycles. The van der Waals surface area contributed by atoms with Gasteiger partial charge in [-0.25, -0.2) is 4.68 Å². The second kappa shape index (κ2) is 7.40. The van der Waals surface area contributed by atoms with E-state index in [1.54, 1.807) is 31.4 Å². The largest absolute Gasteiger partial charge is 0.497 e. The summed E-state index contributed by atoms with van der Waals surface area (Å²) >= 11 is 5.41. The molecule has 0 amide bonds. The van der Waals surface area contributed by atoms with Gasteiger partial charge in [-0.3, -0.25) is 10.2 Å². The van der Waals surface area contributed by atoms with E-state index in [2.05, 4.69) is 10.5 Å². The average molecular weight is 369 g/mol. The van der Waals surface area contributed by atoms with Gasteiger partial charge in [0.1, 0.15) is 12.3 Å². The molecule has 0 fully saturated rings. The van der Waals surface area contributed by atoms with Crippen molar-refractivity contribution in [3.63, 3.8) is 0 Å². The molecule has 3 N–H and O–H groups in total. The van der Waals surface area contributed by atoms with Crippen LogP contribution in [0.5, 0.6) is 5.75 Å². The highest BCUT2D eigenvalue weighted by molar-refractivity contribution is 7.71. The number of Topliss-reactive ketones (excluding diaryl/α,β-unsaturated/α-hetero) is 1. The Balaban J connectivity index is 1.83. The SMILES string of the molecule is COc1cccc(C(=O)Cn2nc(N)n(Nc3cccc(C)c3)c2=S)c1. The normalized spacial score (nSPS) is 10.5. The summed E-state index contributed by atoms with van der Waals surface area (Å²) in [5, 5.41) is 4.18. The number of hydrogen-bond acceptors (Lipinski definition) is 6. The lowest BCUT2D eigenvalue weighted by Gasteiger charge is -2.08. The Kier molecular flexibility index (Phi) is 5.04. The van der Waals surface area contributed by atoms with E-state index in [0.29, 0.717) is 16.1 Å². The Hall–Kier alpha value is -3.13. The smallest absolute Gasteiger partial charge is 0.240 e. The Morgan fingerprint density at radius 1 is 1.27 bits per heavy atom. The Morgan fingerprint density at radius 2 is 2.04 bits per heavy atom. The highest BCUT2D eigenvalue weighted by Crippen LogP contribution is 2.15. The van der Waals surface area contributed by atoms with Crippen molar-refractivity contribution in [2.45, 2.75) is 13.5 Å². The number of hydrogen-bond donors (Lipinski definition) is 2. The molecule has 2 aromatic carbocycles. The zero-order valence-electron chi connectivity index (χ0n) is 14.5. The van der Waals surface area contributed by atoms with E-state index in [1.807, 2.05) is 31.2 Å². The second-order valence-corrected chi connectivity index (χ2v) is 6.14. The summed E-state index contributed by atoms with van der Waals surface area (Å²) in [5.74, 6) is 0.653. The van der Waals surface area contributed by atoms with Crippen molar-refractivity contribution in [2.75, 3.05) is 18.3 Å². The van der Waals surface area contributed by atoms with Crippen LogP contribution in [0, 0.1) is 11.7 Å². The summed E-state index contributed by atoms with van der Waals surface area (Å²) in [6, 6.07) is 14.7. The lowest BCUT2D eigenvalue weighted by molar-refractivity contribution is 0.0966. The molecule has 0 spiro atoms. The number of nitrogen functional groups attached to an aromatic ring is 1. The maximum atomic E-state index is 12.5. The summed E-state index contributed by atoms with van der Waals surface area (Å²) in [7, 11) is 1.55. The molecule has 134 valence electrons. The average Bonchev–Trinajstić information content (AvgIpc) is 2.89. The zero-order valence-corrected chi connectivity index (χ0v) is 15.3. The molecular weight excluding hydrogens is 350 g/mol. The third-order valence-electron chi connectivity index (χ3n) is 3.81. The minimum atomic E-state index is -0.139. The fraction of sp³-hybridized carbons (Fsp3) is 0.167. The van der Waals surface area contributed by atoms with Crippen LogP contribution in [0.2, 0.25) is 0 Å². The summed E-state index contributed by atoms with van der Waals surface area (Å²) in [6.45, 7) is 1.97. The first-order valence-corrected chi connectivity index (χ1v) is 8.35. The summed E-state index contributed by atoms with van der Waals surface area (Å²) in [5.41, 5.74) is 11.5. The van der Waals surface area contributed by atoms with Crippen molar-refractivity contribution in [3.8, 4) is 5.75 Å². The number of aryl methyl sites for hydroxylation is 1. The fourth-order valence-electron chi connectivity index (χ4n) is 2.50. The van der Waals surface area contributed by atoms with Crippen LogP contribution < -0.4 is 15.9 Å². The number of nitrogens with two attached hydrogens (primary N) is 1. The van der Waals surface area contributed by atoms with Gasteiger partial charge in [-0.05, 0) is 49.0 Å². The molecule has 0 unspecified atom stereocenters. The minimum Gasteiger partial charge on any atom is -0.497 e. The minimum absolute atomic E-state index is 0.0152. The van der Waals surface area contributed by atoms with E-state index in [1.165, 1.54) is 9.36 Å². The van der Waals surface area contributed by atoms with Gasteiger partial charge in [0.25, 0.3) is 0 Å². The number of carbonyl (C=O) groups excluding carboxylic acids is 1. The van der Waals surface area contributed by atoms with Crippen LogP contribution >= 0.6 is 12.2 Å². The van der Waals surface area contributed by atoms with E-state index in [9.17, 15) is 4.79 Å². The number of ketones is 1. The molecule has 0 atom stereocenters. The second-order valence-electron chi connectivity index (χ2n) is 5.77. The molecule has 0 saturated carbocycles. The highest BCUT2D eigenvalue weighted by Gasteiger charge is 2.13. The molecule has 26 heavy (non-hydrogen) atoms. The van der Waals surface area contributed by atoms with E-state index in [4.69, 9.17) is 22.7 Å². The first-order chi connectivity index (χ1) is 12.5. The van der Waals surface area contributed by atoms with Crippen molar-refractivity contribution in [2.24, 2.45) is 0 Å². The molecule has 3 aromatic rings. The van der Waals surface area contributed by atoms with E-state index >= 15 is 0 Å². The summed E-state index contributed by atoms with van der Waals surface area (Å²) in [4.78, 5) is 12.5. The van der Waals surface area contributed by atoms with Gasteiger partial charge in [0.2, 0.25) is 10.7 Å². The molecule has 0 saturated heterocycles. The quantitative estimate of drug-likeness (QED) is 0.513. The van der Waals surface area contributed by atoms with E-state index < -0.39 is 0 Å². The lowest BCUT2D eigenvalue weighted by Crippen LogP contribution is -2.14. The molecule has 1 aromatic heterocycles. The van der Waals surface area contributed by atoms with Crippen molar-refractivity contribution in [3.05, 3.63) is 64.4 Å². The fourth-order valence-corrected chi connectivity index (χ4v) is 2.74. The van der Waals surface area contributed by atoms with Crippen LogP contribution in [0.3, 0.4) is 0 Å². The number of carbonyl (C=O) groups is 1. The van der Waals surface area contributed by atoms with Crippen LogP contribution in [-0.2, 0) is 6.54 Å². The molecule has 1 heterocycles. The van der Waals surface area contributed by atoms with Gasteiger partial charge in [-0.2, -0.15) is 4.68 Å². The molecule has 7 nitrogen and oxygen atoms in total. The van der Waals surface area contributed by atoms with Crippen LogP contribution in [0.4, 0.5) is 11.6 Å². The zero-order chi connectivity index (χ0) is 18.7. The van der Waals surface area contributed by atoms with Gasteiger partial charge < -0.3 is 10.5 Å². The molecule has 8 heteroatoms. The Morgan fingerprint density at radius 3 is 2.77 bits per heavy atom. The van der Waals surface area contributed by atoms with Crippen LogP contribution in [0.1, 0.15) is 15.9 Å². The maximum Gasteiger partial charge on any atom is 0.240 e. The number of ether oxygens (including phenoxy) is 1. The number of aromatic nitrogens is 3. The third kappa shape index (κ3) is 3.75. The van der Waals surface area contributed by atoms with E-state index in [0.717, 1.165) is 11.3 Å². The number of methoxy groups -OCH3 is 1. The summed E-state index contributed by atoms with van der Waals surface area (Å²) in [6.07, 6.45) is 0.